The molecule has 3 heterocycles. The Morgan fingerprint density at radius 1 is 1.09 bits per heavy atom. The van der Waals surface area contributed by atoms with Gasteiger partial charge in [0.25, 0.3) is 0 Å². The van der Waals surface area contributed by atoms with Crippen LogP contribution in [0.1, 0.15) is 67.1 Å². The van der Waals surface area contributed by atoms with Crippen LogP contribution in [0.25, 0.3) is 0 Å². The lowest BCUT2D eigenvalue weighted by Crippen LogP contribution is -2.51. The van der Waals surface area contributed by atoms with Crippen LogP contribution in [-0.2, 0) is 0 Å². The number of piperidine rings is 2. The number of likely N-dealkylation sites (tertiary alicyclic amines) is 2. The van der Waals surface area contributed by atoms with Crippen LogP contribution in [0.2, 0.25) is 0 Å². The van der Waals surface area contributed by atoms with E-state index in [9.17, 15) is 18.0 Å². The molecule has 186 valence electrons. The molecule has 2 aliphatic heterocycles. The highest BCUT2D eigenvalue weighted by Crippen LogP contribution is 2.41. The Morgan fingerprint density at radius 3 is 2.51 bits per heavy atom. The normalized spacial score (nSPS) is 23.7. The Bertz CT molecular complexity index is 1100. The van der Waals surface area contributed by atoms with Gasteiger partial charge in [0.15, 0.2) is 5.82 Å². The van der Waals surface area contributed by atoms with Gasteiger partial charge in [0.1, 0.15) is 5.75 Å². The molecule has 0 radical (unpaired) electrons. The van der Waals surface area contributed by atoms with Gasteiger partial charge in [-0.15, -0.1) is 13.2 Å². The van der Waals surface area contributed by atoms with E-state index in [0.29, 0.717) is 68.6 Å². The van der Waals surface area contributed by atoms with E-state index in [2.05, 4.69) is 20.9 Å². The Hall–Kier alpha value is -3.29. The van der Waals surface area contributed by atoms with Gasteiger partial charge in [0.2, 0.25) is 5.89 Å². The maximum Gasteiger partial charge on any atom is 0.573 e. The zero-order valence-corrected chi connectivity index (χ0v) is 19.1. The van der Waals surface area contributed by atoms with Crippen molar-refractivity contribution in [3.05, 3.63) is 41.5 Å². The molecule has 11 heteroatoms. The second-order valence-electron chi connectivity index (χ2n) is 9.59. The van der Waals surface area contributed by atoms with Crippen LogP contribution in [0.5, 0.6) is 5.75 Å². The number of hydrogen-bond acceptors (Lipinski definition) is 6. The summed E-state index contributed by atoms with van der Waals surface area (Å²) in [6, 6.07) is 8.05. The summed E-state index contributed by atoms with van der Waals surface area (Å²) in [5.74, 6) is 0.657. The minimum atomic E-state index is -4.78. The lowest BCUT2D eigenvalue weighted by Gasteiger charge is -2.40. The number of ether oxygens (including phenoxy) is 1. The van der Waals surface area contributed by atoms with E-state index in [1.165, 1.54) is 18.2 Å². The summed E-state index contributed by atoms with van der Waals surface area (Å²) in [6.45, 7) is 1.75. The van der Waals surface area contributed by atoms with E-state index in [0.717, 1.165) is 12.8 Å². The molecule has 2 unspecified atom stereocenters. The average molecular weight is 489 g/mol. The predicted molar refractivity (Wildman–Crippen MR) is 116 cm³/mol. The lowest BCUT2D eigenvalue weighted by molar-refractivity contribution is -0.274. The van der Waals surface area contributed by atoms with Crippen LogP contribution in [0.15, 0.2) is 28.8 Å². The molecule has 2 aromatic rings. The molecule has 8 nitrogen and oxygen atoms in total. The fourth-order valence-electron chi connectivity index (χ4n) is 4.96. The highest BCUT2D eigenvalue weighted by atomic mass is 19.4. The zero-order chi connectivity index (χ0) is 24.6. The fraction of sp³-hybridized carbons (Fsp3) is 0.583. The quantitative estimate of drug-likeness (QED) is 0.614. The van der Waals surface area contributed by atoms with Crippen LogP contribution in [0.3, 0.4) is 0 Å². The van der Waals surface area contributed by atoms with Crippen molar-refractivity contribution in [3.63, 3.8) is 0 Å². The molecule has 1 aromatic heterocycles. The maximum absolute atomic E-state index is 13.4. The summed E-state index contributed by atoms with van der Waals surface area (Å²) < 4.78 is 48.0. The van der Waals surface area contributed by atoms with Crippen molar-refractivity contribution in [2.24, 2.45) is 5.92 Å². The van der Waals surface area contributed by atoms with Crippen LogP contribution >= 0.6 is 0 Å². The van der Waals surface area contributed by atoms with Gasteiger partial charge in [0, 0.05) is 43.9 Å². The number of urea groups is 1. The first kappa shape index (κ1) is 23.5. The van der Waals surface area contributed by atoms with Gasteiger partial charge in [-0.1, -0.05) is 17.3 Å². The van der Waals surface area contributed by atoms with E-state index < -0.39 is 6.36 Å². The monoisotopic (exact) mass is 489 g/mol. The molecule has 1 aromatic carbocycles. The van der Waals surface area contributed by atoms with Gasteiger partial charge in [-0.05, 0) is 49.8 Å². The van der Waals surface area contributed by atoms with Crippen LogP contribution in [0, 0.1) is 17.2 Å². The number of nitriles is 1. The molecule has 0 N–H and O–H groups in total. The molecule has 2 saturated heterocycles. The molecule has 35 heavy (non-hydrogen) atoms. The molecule has 1 saturated carbocycles. The predicted octanol–water partition coefficient (Wildman–Crippen LogP) is 4.77. The number of benzene rings is 1. The number of halogens is 3. The van der Waals surface area contributed by atoms with Crippen molar-refractivity contribution < 1.29 is 27.2 Å². The largest absolute Gasteiger partial charge is 0.573 e. The van der Waals surface area contributed by atoms with Gasteiger partial charge < -0.3 is 19.1 Å². The molecule has 1 aliphatic carbocycles. The number of nitrogens with zero attached hydrogens (tertiary/aromatic N) is 5. The smallest absolute Gasteiger partial charge is 0.406 e. The van der Waals surface area contributed by atoms with Gasteiger partial charge in [0.05, 0.1) is 12.0 Å². The summed E-state index contributed by atoms with van der Waals surface area (Å²) in [5.41, 5.74) is 0.652. The molecule has 0 bridgehead atoms. The van der Waals surface area contributed by atoms with Crippen molar-refractivity contribution in [1.29, 1.82) is 5.26 Å². The molecular weight excluding hydrogens is 463 g/mol. The standard InChI is InChI=1S/C24H26F3N5O3/c25-24(26,27)34-20-3-1-2-17(11-20)18-10-19(22-29-21(30-35-22)16-4-5-16)14-32(13-18)23(33)31-8-6-15(12-28)7-9-31/h1-3,11,15-16,18-19H,4-10,13-14H2. The molecule has 0 spiro atoms. The molecule has 3 aliphatic rings. The summed E-state index contributed by atoms with van der Waals surface area (Å²) in [6.07, 6.45) is -0.901. The third-order valence-corrected chi connectivity index (χ3v) is 6.98. The molecule has 3 fully saturated rings. The van der Waals surface area contributed by atoms with E-state index in [1.807, 2.05) is 0 Å². The van der Waals surface area contributed by atoms with E-state index in [-0.39, 0.29) is 29.5 Å². The molecule has 2 atom stereocenters. The highest BCUT2D eigenvalue weighted by molar-refractivity contribution is 5.75. The van der Waals surface area contributed by atoms with Crippen molar-refractivity contribution in [1.82, 2.24) is 19.9 Å². The van der Waals surface area contributed by atoms with Gasteiger partial charge in [-0.25, -0.2) is 4.79 Å². The van der Waals surface area contributed by atoms with Gasteiger partial charge >= 0.3 is 12.4 Å². The van der Waals surface area contributed by atoms with E-state index in [4.69, 9.17) is 9.78 Å². The first-order valence-electron chi connectivity index (χ1n) is 11.9. The molecule has 5 rings (SSSR count). The highest BCUT2D eigenvalue weighted by Gasteiger charge is 2.38. The minimum absolute atomic E-state index is 0.0449. The number of carbonyl (C=O) groups excluding carboxylic acids is 1. The van der Waals surface area contributed by atoms with Crippen molar-refractivity contribution >= 4 is 6.03 Å². The van der Waals surface area contributed by atoms with Crippen LogP contribution in [-0.4, -0.2) is 58.5 Å². The first-order valence-corrected chi connectivity index (χ1v) is 11.9. The SMILES string of the molecule is N#CC1CCN(C(=O)N2CC(c3cccc(OC(F)(F)F)c3)CC(c3nc(C4CC4)no3)C2)CC1. The number of carbonyl (C=O) groups is 1. The Labute approximate surface area is 200 Å². The second-order valence-corrected chi connectivity index (χ2v) is 9.59. The first-order chi connectivity index (χ1) is 16.8. The summed E-state index contributed by atoms with van der Waals surface area (Å²) in [5, 5.41) is 13.3. The van der Waals surface area contributed by atoms with Crippen molar-refractivity contribution in [2.75, 3.05) is 26.2 Å². The number of alkyl halides is 3. The van der Waals surface area contributed by atoms with Gasteiger partial charge in [-0.3, -0.25) is 0 Å². The number of amides is 2. The van der Waals surface area contributed by atoms with Crippen molar-refractivity contribution in [2.45, 2.75) is 56.2 Å². The Morgan fingerprint density at radius 2 is 1.83 bits per heavy atom. The van der Waals surface area contributed by atoms with E-state index in [1.54, 1.807) is 15.9 Å². The van der Waals surface area contributed by atoms with Gasteiger partial charge in [-0.2, -0.15) is 10.2 Å². The Balaban J connectivity index is 1.38. The lowest BCUT2D eigenvalue weighted by atomic mass is 9.84. The number of hydrogen-bond donors (Lipinski definition) is 0. The van der Waals surface area contributed by atoms with Crippen LogP contribution in [0.4, 0.5) is 18.0 Å². The summed E-state index contributed by atoms with van der Waals surface area (Å²) in [7, 11) is 0. The van der Waals surface area contributed by atoms with Crippen LogP contribution < -0.4 is 4.74 Å². The molecule has 2 amide bonds. The Kier molecular flexibility index (Phi) is 6.30. The van der Waals surface area contributed by atoms with Crippen molar-refractivity contribution in [3.8, 4) is 11.8 Å². The summed E-state index contributed by atoms with van der Waals surface area (Å²) >= 11 is 0. The zero-order valence-electron chi connectivity index (χ0n) is 19.1. The maximum atomic E-state index is 13.4. The topological polar surface area (TPSA) is 95.5 Å². The second kappa shape index (κ2) is 9.40. The average Bonchev–Trinajstić information content (AvgIpc) is 3.58. The third-order valence-electron chi connectivity index (χ3n) is 6.98. The minimum Gasteiger partial charge on any atom is -0.406 e. The van der Waals surface area contributed by atoms with E-state index >= 15 is 0 Å². The number of aromatic nitrogens is 2. The fourth-order valence-corrected chi connectivity index (χ4v) is 4.96. The number of rotatable bonds is 4. The summed E-state index contributed by atoms with van der Waals surface area (Å²) in [4.78, 5) is 21.5. The third kappa shape index (κ3) is 5.52. The molecular formula is C24H26F3N5O3.